The van der Waals surface area contributed by atoms with Gasteiger partial charge in [0.05, 0.1) is 52.9 Å². The van der Waals surface area contributed by atoms with Crippen molar-refractivity contribution in [2.75, 3.05) is 5.32 Å². The van der Waals surface area contributed by atoms with Gasteiger partial charge in [0, 0.05) is 22.7 Å². The predicted molar refractivity (Wildman–Crippen MR) is 149 cm³/mol. The number of fused-ring (bicyclic) bond motifs is 3. The summed E-state index contributed by atoms with van der Waals surface area (Å²) in [5, 5.41) is 15.6. The number of nitrogens with one attached hydrogen (secondary N) is 2. The van der Waals surface area contributed by atoms with Crippen LogP contribution in [0.2, 0.25) is 0 Å². The van der Waals surface area contributed by atoms with Crippen molar-refractivity contribution in [3.8, 4) is 11.3 Å². The van der Waals surface area contributed by atoms with E-state index in [4.69, 9.17) is 9.90 Å². The molecule has 2 aromatic carbocycles. The quantitative estimate of drug-likeness (QED) is 0.140. The Hall–Kier alpha value is -5.74. The van der Waals surface area contributed by atoms with Gasteiger partial charge < -0.3 is 14.8 Å². The monoisotopic (exact) mass is 641 g/mol. The molecule has 3 amide bonds. The fourth-order valence-corrected chi connectivity index (χ4v) is 5.53. The van der Waals surface area contributed by atoms with Gasteiger partial charge in [-0.05, 0) is 25.5 Å². The largest absolute Gasteiger partial charge is 0.483 e. The summed E-state index contributed by atoms with van der Waals surface area (Å²) >= 11 is 0. The van der Waals surface area contributed by atoms with Crippen LogP contribution in [0, 0.1) is 11.7 Å². The minimum absolute atomic E-state index is 0.0313. The molecule has 0 saturated heterocycles. The number of anilines is 1. The average molecular weight is 642 g/mol. The number of hydrogen-bond acceptors (Lipinski definition) is 7. The number of amides is 3. The smallest absolute Gasteiger partial charge is 0.419 e. The molecule has 3 aromatic heterocycles. The molecule has 3 N–H and O–H groups in total. The van der Waals surface area contributed by atoms with E-state index in [-0.39, 0.29) is 52.1 Å². The predicted octanol–water partition coefficient (Wildman–Crippen LogP) is 4.79. The van der Waals surface area contributed by atoms with Crippen LogP contribution in [0.15, 0.2) is 49.1 Å². The molecule has 1 unspecified atom stereocenters. The minimum atomic E-state index is -5.24. The van der Waals surface area contributed by atoms with Crippen molar-refractivity contribution >= 4 is 46.6 Å². The summed E-state index contributed by atoms with van der Waals surface area (Å²) < 4.78 is 74.7. The van der Waals surface area contributed by atoms with E-state index in [1.54, 1.807) is 0 Å². The van der Waals surface area contributed by atoms with E-state index in [0.29, 0.717) is 0 Å². The molecule has 2 aliphatic rings. The Bertz CT molecular complexity index is 2040. The van der Waals surface area contributed by atoms with Gasteiger partial charge in [-0.25, -0.2) is 13.8 Å². The Labute approximate surface area is 253 Å². The lowest BCUT2D eigenvalue weighted by atomic mass is 9.92. The van der Waals surface area contributed by atoms with Crippen molar-refractivity contribution in [3.63, 3.8) is 0 Å². The van der Waals surface area contributed by atoms with Crippen LogP contribution in [-0.2, 0) is 15.8 Å². The molecule has 17 heteroatoms. The van der Waals surface area contributed by atoms with Crippen LogP contribution >= 0.6 is 0 Å². The Balaban J connectivity index is 0.00000119. The fraction of sp³-hybridized carbons (Fsp3) is 0.207. The van der Waals surface area contributed by atoms with Crippen molar-refractivity contribution in [1.82, 2.24) is 29.5 Å². The maximum Gasteiger partial charge on any atom is 0.419 e. The number of carboxylic acid groups (broad SMARTS) is 1. The summed E-state index contributed by atoms with van der Waals surface area (Å²) in [6.45, 7) is 1.01. The van der Waals surface area contributed by atoms with E-state index < -0.39 is 64.5 Å². The number of carbonyl (C=O) groups is 4. The van der Waals surface area contributed by atoms with E-state index in [2.05, 4.69) is 25.5 Å². The van der Waals surface area contributed by atoms with Crippen molar-refractivity contribution in [2.24, 2.45) is 5.92 Å². The molecule has 4 heterocycles. The van der Waals surface area contributed by atoms with Crippen molar-refractivity contribution in [3.05, 3.63) is 77.1 Å². The number of rotatable bonds is 5. The first-order valence-corrected chi connectivity index (χ1v) is 13.5. The first-order valence-electron chi connectivity index (χ1n) is 13.5. The topological polar surface area (TPSA) is 163 Å². The molecular formula is C29H20F5N7O5. The number of imide groups is 1. The summed E-state index contributed by atoms with van der Waals surface area (Å²) in [6.07, 6.45) is -1.68. The summed E-state index contributed by atoms with van der Waals surface area (Å²) in [5.41, 5.74) is -3.05. The molecule has 0 radical (unpaired) electrons. The molecule has 7 rings (SSSR count). The molecule has 3 atom stereocenters. The summed E-state index contributed by atoms with van der Waals surface area (Å²) in [5.74, 6) is -4.56. The van der Waals surface area contributed by atoms with Gasteiger partial charge in [0.15, 0.2) is 11.5 Å². The van der Waals surface area contributed by atoms with Gasteiger partial charge >= 0.3 is 6.18 Å². The zero-order valence-corrected chi connectivity index (χ0v) is 23.3. The van der Waals surface area contributed by atoms with E-state index >= 15 is 4.39 Å². The van der Waals surface area contributed by atoms with Crippen LogP contribution in [0.1, 0.15) is 51.2 Å². The summed E-state index contributed by atoms with van der Waals surface area (Å²) in [6, 6.07) is 4.45. The Morgan fingerprint density at radius 2 is 1.78 bits per heavy atom. The maximum absolute atomic E-state index is 16.2. The highest BCUT2D eigenvalue weighted by Crippen LogP contribution is 2.46. The number of nitrogens with zero attached hydrogens (tertiary/aromatic N) is 5. The van der Waals surface area contributed by atoms with Crippen LogP contribution in [0.25, 0.3) is 27.8 Å². The Morgan fingerprint density at radius 1 is 1.15 bits per heavy atom. The first-order chi connectivity index (χ1) is 21.9. The van der Waals surface area contributed by atoms with Gasteiger partial charge in [-0.1, -0.05) is 12.1 Å². The molecule has 1 aliphatic heterocycles. The van der Waals surface area contributed by atoms with E-state index in [1.807, 2.05) is 0 Å². The molecule has 0 bridgehead atoms. The normalized spacial score (nSPS) is 17.9. The maximum atomic E-state index is 16.2. The molecule has 0 spiro atoms. The second-order valence-corrected chi connectivity index (χ2v) is 10.5. The summed E-state index contributed by atoms with van der Waals surface area (Å²) in [4.78, 5) is 55.6. The van der Waals surface area contributed by atoms with Gasteiger partial charge in [-0.15, -0.1) is 0 Å². The van der Waals surface area contributed by atoms with Gasteiger partial charge in [-0.3, -0.25) is 34.2 Å². The molecule has 1 aliphatic carbocycles. The highest BCUT2D eigenvalue weighted by atomic mass is 19.4. The Morgan fingerprint density at radius 3 is 2.37 bits per heavy atom. The number of halogens is 5. The number of imidazole rings is 1. The third-order valence-corrected chi connectivity index (χ3v) is 7.70. The van der Waals surface area contributed by atoms with Crippen LogP contribution in [0.3, 0.4) is 0 Å². The number of aromatic nitrogens is 5. The number of carbonyl (C=O) groups excluding carboxylic acids is 3. The highest BCUT2D eigenvalue weighted by Gasteiger charge is 2.46. The van der Waals surface area contributed by atoms with Gasteiger partial charge in [-0.2, -0.15) is 18.3 Å². The molecule has 12 nitrogen and oxygen atoms in total. The third-order valence-electron chi connectivity index (χ3n) is 7.70. The lowest BCUT2D eigenvalue weighted by molar-refractivity contribution is -0.139. The van der Waals surface area contributed by atoms with Crippen LogP contribution in [0.5, 0.6) is 0 Å². The van der Waals surface area contributed by atoms with E-state index in [1.165, 1.54) is 48.0 Å². The lowest BCUT2D eigenvalue weighted by Gasteiger charge is -2.26. The zero-order chi connectivity index (χ0) is 33.1. The van der Waals surface area contributed by atoms with Gasteiger partial charge in [0.25, 0.3) is 18.3 Å². The number of alkyl halides is 4. The molecular weight excluding hydrogens is 621 g/mol. The van der Waals surface area contributed by atoms with E-state index in [9.17, 15) is 31.9 Å². The second-order valence-electron chi connectivity index (χ2n) is 10.5. The van der Waals surface area contributed by atoms with Crippen LogP contribution in [0.4, 0.5) is 27.8 Å². The number of aromatic amines is 1. The van der Waals surface area contributed by atoms with Gasteiger partial charge in [0.2, 0.25) is 5.91 Å². The van der Waals surface area contributed by atoms with Gasteiger partial charge in [0.1, 0.15) is 17.6 Å². The first kappa shape index (κ1) is 30.3. The van der Waals surface area contributed by atoms with Crippen LogP contribution in [-0.4, -0.2) is 64.9 Å². The average Bonchev–Trinajstić information content (AvgIpc) is 3.29. The standard InChI is InChI=1S/C28H18F5N7O3.CH2O2/c1-11(40-26(42)12-4-2-3-5-13(12)27(40)43)20-23(30)22(28(31,32)33)21(15-7-35-38-24(15)20)17-9-39-10-18(36-19(39)8-34-17)37-25(41)14-6-16(14)29;2-1-3/h2-5,7-11,14,16H,6H2,1H3,(H,35,38)(H,37,41);1H,(H,2,3)/t11?,14-,16+;/m1./s1. The highest BCUT2D eigenvalue weighted by molar-refractivity contribution is 6.21. The molecule has 1 fully saturated rings. The summed E-state index contributed by atoms with van der Waals surface area (Å²) in [7, 11) is 0. The molecule has 46 heavy (non-hydrogen) atoms. The third kappa shape index (κ3) is 4.89. The zero-order valence-electron chi connectivity index (χ0n) is 23.3. The SMILES string of the molecule is CC(c1c(F)c(C(F)(F)F)c(-c2cn3cc(NC(=O)[C@@H]4C[C@@H]4F)nc3cn2)c2cn[nH]c12)N1C(=O)c2ccccc2C1=O.O=CO. The lowest BCUT2D eigenvalue weighted by Crippen LogP contribution is -2.33. The van der Waals surface area contributed by atoms with Crippen molar-refractivity contribution < 1.29 is 46.2 Å². The van der Waals surface area contributed by atoms with Crippen molar-refractivity contribution in [2.45, 2.75) is 31.7 Å². The van der Waals surface area contributed by atoms with E-state index in [0.717, 1.165) is 17.3 Å². The van der Waals surface area contributed by atoms with Crippen LogP contribution < -0.4 is 5.32 Å². The molecule has 5 aromatic rings. The molecule has 236 valence electrons. The number of benzene rings is 2. The Kier molecular flexibility index (Phi) is 7.25. The second kappa shape index (κ2) is 11.0. The number of H-pyrrole nitrogens is 1. The fourth-order valence-electron chi connectivity index (χ4n) is 5.53. The number of hydrogen-bond donors (Lipinski definition) is 3. The van der Waals surface area contributed by atoms with Crippen molar-refractivity contribution in [1.29, 1.82) is 0 Å². The molecule has 1 saturated carbocycles. The minimum Gasteiger partial charge on any atom is -0.483 e.